The molecule has 1 saturated heterocycles. The SMILES string of the molecule is O=C(CO)N1CCN(C(=O)c2ccc(F)cc2)CC1. The zero-order valence-electron chi connectivity index (χ0n) is 10.4. The largest absolute Gasteiger partial charge is 0.387 e. The summed E-state index contributed by atoms with van der Waals surface area (Å²) in [5, 5.41) is 8.76. The zero-order valence-corrected chi connectivity index (χ0v) is 10.4. The highest BCUT2D eigenvalue weighted by atomic mass is 19.1. The van der Waals surface area contributed by atoms with Gasteiger partial charge in [0.25, 0.3) is 5.91 Å². The van der Waals surface area contributed by atoms with E-state index in [1.807, 2.05) is 0 Å². The first-order valence-electron chi connectivity index (χ1n) is 6.05. The fraction of sp³-hybridized carbons (Fsp3) is 0.385. The Bertz CT molecular complexity index is 467. The number of rotatable bonds is 2. The fourth-order valence-electron chi connectivity index (χ4n) is 2.03. The molecule has 1 aliphatic heterocycles. The van der Waals surface area contributed by atoms with Crippen LogP contribution in [0, 0.1) is 5.82 Å². The molecule has 6 heteroatoms. The van der Waals surface area contributed by atoms with Crippen molar-refractivity contribution in [3.8, 4) is 0 Å². The lowest BCUT2D eigenvalue weighted by atomic mass is 10.2. The van der Waals surface area contributed by atoms with Crippen molar-refractivity contribution in [1.29, 1.82) is 0 Å². The van der Waals surface area contributed by atoms with E-state index in [2.05, 4.69) is 0 Å². The number of nitrogens with zero attached hydrogens (tertiary/aromatic N) is 2. The maximum Gasteiger partial charge on any atom is 0.253 e. The average molecular weight is 266 g/mol. The lowest BCUT2D eigenvalue weighted by molar-refractivity contribution is -0.135. The molecule has 0 unspecified atom stereocenters. The third-order valence-electron chi connectivity index (χ3n) is 3.15. The van der Waals surface area contributed by atoms with Gasteiger partial charge in [0.1, 0.15) is 12.4 Å². The fourth-order valence-corrected chi connectivity index (χ4v) is 2.03. The van der Waals surface area contributed by atoms with E-state index in [0.29, 0.717) is 31.7 Å². The van der Waals surface area contributed by atoms with Gasteiger partial charge in [0, 0.05) is 31.7 Å². The second-order valence-electron chi connectivity index (χ2n) is 4.34. The van der Waals surface area contributed by atoms with Gasteiger partial charge >= 0.3 is 0 Å². The standard InChI is InChI=1S/C13H15FN2O3/c14-11-3-1-10(2-4-11)13(19)16-7-5-15(6-8-16)12(18)9-17/h1-4,17H,5-9H2. The van der Waals surface area contributed by atoms with Crippen LogP contribution >= 0.6 is 0 Å². The molecular formula is C13H15FN2O3. The van der Waals surface area contributed by atoms with Crippen molar-refractivity contribution in [3.63, 3.8) is 0 Å². The predicted molar refractivity (Wildman–Crippen MR) is 66.0 cm³/mol. The molecule has 19 heavy (non-hydrogen) atoms. The minimum atomic E-state index is -0.508. The number of piperazine rings is 1. The van der Waals surface area contributed by atoms with Crippen LogP contribution in [0.2, 0.25) is 0 Å². The van der Waals surface area contributed by atoms with Gasteiger partial charge in [-0.2, -0.15) is 0 Å². The van der Waals surface area contributed by atoms with Crippen LogP contribution in [0.25, 0.3) is 0 Å². The number of aliphatic hydroxyl groups excluding tert-OH is 1. The minimum absolute atomic E-state index is 0.170. The lowest BCUT2D eigenvalue weighted by Gasteiger charge is -2.34. The van der Waals surface area contributed by atoms with Crippen molar-refractivity contribution in [2.24, 2.45) is 0 Å². The topological polar surface area (TPSA) is 60.9 Å². The molecule has 0 atom stereocenters. The molecule has 0 aliphatic carbocycles. The van der Waals surface area contributed by atoms with E-state index in [-0.39, 0.29) is 17.6 Å². The first-order chi connectivity index (χ1) is 9.11. The number of amides is 2. The normalized spacial score (nSPS) is 15.5. The molecular weight excluding hydrogens is 251 g/mol. The Morgan fingerprint density at radius 1 is 1.05 bits per heavy atom. The van der Waals surface area contributed by atoms with Gasteiger partial charge in [0.2, 0.25) is 5.91 Å². The molecule has 1 aromatic rings. The Labute approximate surface area is 110 Å². The summed E-state index contributed by atoms with van der Waals surface area (Å²) in [4.78, 5) is 26.5. The summed E-state index contributed by atoms with van der Waals surface area (Å²) < 4.78 is 12.8. The predicted octanol–water partition coefficient (Wildman–Crippen LogP) is 0.102. The molecule has 0 saturated carbocycles. The Hall–Kier alpha value is -1.95. The van der Waals surface area contributed by atoms with Crippen LogP contribution in [-0.2, 0) is 4.79 Å². The van der Waals surface area contributed by atoms with Crippen LogP contribution in [0.15, 0.2) is 24.3 Å². The molecule has 0 radical (unpaired) electrons. The van der Waals surface area contributed by atoms with Crippen LogP contribution in [-0.4, -0.2) is 59.5 Å². The molecule has 0 aromatic heterocycles. The van der Waals surface area contributed by atoms with E-state index in [4.69, 9.17) is 5.11 Å². The number of benzene rings is 1. The summed E-state index contributed by atoms with van der Waals surface area (Å²) in [5.74, 6) is -0.875. The van der Waals surface area contributed by atoms with Crippen molar-refractivity contribution in [2.75, 3.05) is 32.8 Å². The highest BCUT2D eigenvalue weighted by Gasteiger charge is 2.24. The lowest BCUT2D eigenvalue weighted by Crippen LogP contribution is -2.51. The summed E-state index contributed by atoms with van der Waals surface area (Å²) >= 11 is 0. The highest BCUT2D eigenvalue weighted by Crippen LogP contribution is 2.10. The molecule has 1 aromatic carbocycles. The smallest absolute Gasteiger partial charge is 0.253 e. The third kappa shape index (κ3) is 3.08. The van der Waals surface area contributed by atoms with Crippen LogP contribution < -0.4 is 0 Å². The molecule has 5 nitrogen and oxygen atoms in total. The van der Waals surface area contributed by atoms with Gasteiger partial charge in [-0.1, -0.05) is 0 Å². The Kier molecular flexibility index (Phi) is 4.11. The van der Waals surface area contributed by atoms with Crippen molar-refractivity contribution in [1.82, 2.24) is 9.80 Å². The van der Waals surface area contributed by atoms with Gasteiger partial charge in [-0.05, 0) is 24.3 Å². The average Bonchev–Trinajstić information content (AvgIpc) is 2.46. The molecule has 2 amide bonds. The Balaban J connectivity index is 1.96. The highest BCUT2D eigenvalue weighted by molar-refractivity contribution is 5.94. The van der Waals surface area contributed by atoms with Gasteiger partial charge in [0.15, 0.2) is 0 Å². The summed E-state index contributed by atoms with van der Waals surface area (Å²) in [7, 11) is 0. The van der Waals surface area contributed by atoms with Crippen molar-refractivity contribution >= 4 is 11.8 Å². The Morgan fingerprint density at radius 3 is 2.11 bits per heavy atom. The number of halogens is 1. The van der Waals surface area contributed by atoms with E-state index < -0.39 is 6.61 Å². The summed E-state index contributed by atoms with van der Waals surface area (Å²) in [6.07, 6.45) is 0. The van der Waals surface area contributed by atoms with Crippen LogP contribution in [0.5, 0.6) is 0 Å². The van der Waals surface area contributed by atoms with Gasteiger partial charge in [-0.3, -0.25) is 9.59 Å². The summed E-state index contributed by atoms with van der Waals surface area (Å²) in [5.41, 5.74) is 0.434. The van der Waals surface area contributed by atoms with Gasteiger partial charge in [-0.25, -0.2) is 4.39 Å². The third-order valence-corrected chi connectivity index (χ3v) is 3.15. The molecule has 1 N–H and O–H groups in total. The van der Waals surface area contributed by atoms with E-state index in [1.54, 1.807) is 4.90 Å². The molecule has 0 spiro atoms. The zero-order chi connectivity index (χ0) is 13.8. The monoisotopic (exact) mass is 266 g/mol. The second-order valence-corrected chi connectivity index (χ2v) is 4.34. The van der Waals surface area contributed by atoms with E-state index in [9.17, 15) is 14.0 Å². The molecule has 1 aliphatic rings. The van der Waals surface area contributed by atoms with Crippen molar-refractivity contribution in [3.05, 3.63) is 35.6 Å². The van der Waals surface area contributed by atoms with E-state index in [1.165, 1.54) is 29.2 Å². The van der Waals surface area contributed by atoms with E-state index >= 15 is 0 Å². The van der Waals surface area contributed by atoms with Crippen LogP contribution in [0.4, 0.5) is 4.39 Å². The number of hydrogen-bond donors (Lipinski definition) is 1. The first-order valence-corrected chi connectivity index (χ1v) is 6.05. The van der Waals surface area contributed by atoms with Gasteiger partial charge in [0.05, 0.1) is 0 Å². The van der Waals surface area contributed by atoms with Crippen molar-refractivity contribution in [2.45, 2.75) is 0 Å². The summed E-state index contributed by atoms with van der Waals surface area (Å²) in [6.45, 7) is 1.15. The quantitative estimate of drug-likeness (QED) is 0.826. The second kappa shape index (κ2) is 5.79. The van der Waals surface area contributed by atoms with Gasteiger partial charge in [-0.15, -0.1) is 0 Å². The molecule has 2 rings (SSSR count). The number of carbonyl (C=O) groups excluding carboxylic acids is 2. The Morgan fingerprint density at radius 2 is 1.58 bits per heavy atom. The maximum absolute atomic E-state index is 12.8. The number of aliphatic hydroxyl groups is 1. The van der Waals surface area contributed by atoms with Crippen LogP contribution in [0.3, 0.4) is 0 Å². The minimum Gasteiger partial charge on any atom is -0.387 e. The molecule has 102 valence electrons. The number of carbonyl (C=O) groups is 2. The maximum atomic E-state index is 12.8. The van der Waals surface area contributed by atoms with Crippen molar-refractivity contribution < 1.29 is 19.1 Å². The number of hydrogen-bond acceptors (Lipinski definition) is 3. The van der Waals surface area contributed by atoms with Gasteiger partial charge < -0.3 is 14.9 Å². The van der Waals surface area contributed by atoms with Crippen LogP contribution in [0.1, 0.15) is 10.4 Å². The first kappa shape index (κ1) is 13.5. The molecule has 1 heterocycles. The summed E-state index contributed by atoms with van der Waals surface area (Å²) in [6, 6.07) is 5.39. The van der Waals surface area contributed by atoms with E-state index in [0.717, 1.165) is 0 Å². The molecule has 1 fully saturated rings. The molecule has 0 bridgehead atoms.